The minimum absolute atomic E-state index is 0.0454. The van der Waals surface area contributed by atoms with Crippen LogP contribution in [-0.4, -0.2) is 50.1 Å². The lowest BCUT2D eigenvalue weighted by Gasteiger charge is -2.25. The van der Waals surface area contributed by atoms with Crippen molar-refractivity contribution in [3.63, 3.8) is 0 Å². The highest BCUT2D eigenvalue weighted by atomic mass is 16.5. The molecule has 0 saturated carbocycles. The summed E-state index contributed by atoms with van der Waals surface area (Å²) in [6.07, 6.45) is 0.848. The van der Waals surface area contributed by atoms with E-state index < -0.39 is 5.91 Å². The first-order chi connectivity index (χ1) is 11.9. The van der Waals surface area contributed by atoms with E-state index in [1.165, 1.54) is 0 Å². The number of nitrogens with two attached hydrogens (primary N) is 1. The molecule has 25 heavy (non-hydrogen) atoms. The van der Waals surface area contributed by atoms with Crippen molar-refractivity contribution in [1.29, 1.82) is 0 Å². The summed E-state index contributed by atoms with van der Waals surface area (Å²) in [4.78, 5) is 24.8. The maximum Gasteiger partial charge on any atom is 0.234 e. The molecule has 1 aromatic carbocycles. The second kappa shape index (κ2) is 8.71. The van der Waals surface area contributed by atoms with E-state index in [1.54, 1.807) is 11.9 Å². The molecule has 0 saturated heterocycles. The van der Waals surface area contributed by atoms with Gasteiger partial charge >= 0.3 is 0 Å². The molecule has 138 valence electrons. The maximum atomic E-state index is 12.3. The van der Waals surface area contributed by atoms with E-state index in [9.17, 15) is 9.59 Å². The number of likely N-dealkylation sites (N-methyl/N-ethyl adjacent to an activating group) is 1. The monoisotopic (exact) mass is 349 g/mol. The number of carbonyl (C=O) groups excluding carboxylic acids is 2. The number of nitrogens with one attached hydrogen (secondary N) is 1. The molecule has 0 aliphatic carbocycles. The molecule has 1 aliphatic rings. The summed E-state index contributed by atoms with van der Waals surface area (Å²) in [6, 6.07) is 5.60. The number of hydrogen-bond acceptors (Lipinski definition) is 5. The second-order valence-electron chi connectivity index (χ2n) is 6.68. The number of carbonyl (C=O) groups is 2. The van der Waals surface area contributed by atoms with Crippen LogP contribution in [0.25, 0.3) is 0 Å². The number of nitrogens with zero attached hydrogens (tertiary/aromatic N) is 1. The Morgan fingerprint density at radius 1 is 1.20 bits per heavy atom. The van der Waals surface area contributed by atoms with Crippen LogP contribution in [0.5, 0.6) is 11.5 Å². The smallest absolute Gasteiger partial charge is 0.234 e. The van der Waals surface area contributed by atoms with Crippen molar-refractivity contribution in [2.75, 3.05) is 33.4 Å². The second-order valence-corrected chi connectivity index (χ2v) is 6.68. The Morgan fingerprint density at radius 3 is 2.52 bits per heavy atom. The first-order valence-electron chi connectivity index (χ1n) is 8.52. The van der Waals surface area contributed by atoms with Gasteiger partial charge < -0.3 is 20.5 Å². The van der Waals surface area contributed by atoms with Crippen molar-refractivity contribution in [2.45, 2.75) is 26.3 Å². The molecule has 1 heterocycles. The Labute approximate surface area is 148 Å². The van der Waals surface area contributed by atoms with Gasteiger partial charge in [0.25, 0.3) is 0 Å². The minimum Gasteiger partial charge on any atom is -0.490 e. The van der Waals surface area contributed by atoms with Gasteiger partial charge in [0.2, 0.25) is 11.8 Å². The highest BCUT2D eigenvalue weighted by Gasteiger charge is 2.21. The van der Waals surface area contributed by atoms with Gasteiger partial charge in [0.1, 0.15) is 0 Å². The lowest BCUT2D eigenvalue weighted by atomic mass is 9.95. The zero-order chi connectivity index (χ0) is 18.4. The van der Waals surface area contributed by atoms with Crippen LogP contribution in [0.15, 0.2) is 18.2 Å². The van der Waals surface area contributed by atoms with Crippen LogP contribution in [0.4, 0.5) is 0 Å². The third-order valence-electron chi connectivity index (χ3n) is 3.95. The molecule has 0 spiro atoms. The van der Waals surface area contributed by atoms with Crippen molar-refractivity contribution >= 4 is 11.8 Å². The van der Waals surface area contributed by atoms with Gasteiger partial charge in [-0.25, -0.2) is 0 Å². The number of rotatable bonds is 7. The number of ether oxygens (including phenoxy) is 2. The Bertz CT molecular complexity index is 618. The van der Waals surface area contributed by atoms with Gasteiger partial charge in [0.15, 0.2) is 11.5 Å². The molecule has 0 aromatic heterocycles. The summed E-state index contributed by atoms with van der Waals surface area (Å²) >= 11 is 0. The molecule has 1 aromatic rings. The van der Waals surface area contributed by atoms with Crippen LogP contribution in [0, 0.1) is 5.92 Å². The molecular formula is C18H27N3O4. The summed E-state index contributed by atoms with van der Waals surface area (Å²) < 4.78 is 11.4. The van der Waals surface area contributed by atoms with Gasteiger partial charge in [0, 0.05) is 6.42 Å². The summed E-state index contributed by atoms with van der Waals surface area (Å²) in [5, 5.41) is 3.03. The first-order valence-corrected chi connectivity index (χ1v) is 8.52. The van der Waals surface area contributed by atoms with E-state index in [2.05, 4.69) is 5.32 Å². The lowest BCUT2D eigenvalue weighted by Crippen LogP contribution is -2.41. The Morgan fingerprint density at radius 2 is 1.88 bits per heavy atom. The molecule has 2 amide bonds. The number of fused-ring (bicyclic) bond motifs is 1. The highest BCUT2D eigenvalue weighted by molar-refractivity contribution is 5.80. The average Bonchev–Trinajstić information content (AvgIpc) is 2.75. The maximum absolute atomic E-state index is 12.3. The number of benzene rings is 1. The highest BCUT2D eigenvalue weighted by Crippen LogP contribution is 2.34. The van der Waals surface area contributed by atoms with Gasteiger partial charge in [-0.1, -0.05) is 19.9 Å². The van der Waals surface area contributed by atoms with Gasteiger partial charge in [0.05, 0.1) is 32.3 Å². The topological polar surface area (TPSA) is 93.9 Å². The summed E-state index contributed by atoms with van der Waals surface area (Å²) in [6.45, 7) is 5.50. The van der Waals surface area contributed by atoms with Crippen LogP contribution in [0.1, 0.15) is 31.9 Å². The summed E-state index contributed by atoms with van der Waals surface area (Å²) in [5.41, 5.74) is 6.11. The van der Waals surface area contributed by atoms with Crippen LogP contribution >= 0.6 is 0 Å². The van der Waals surface area contributed by atoms with Gasteiger partial charge in [-0.15, -0.1) is 0 Å². The number of amides is 2. The van der Waals surface area contributed by atoms with Crippen molar-refractivity contribution in [2.24, 2.45) is 11.7 Å². The predicted molar refractivity (Wildman–Crippen MR) is 94.5 cm³/mol. The van der Waals surface area contributed by atoms with Gasteiger partial charge in [-0.2, -0.15) is 0 Å². The van der Waals surface area contributed by atoms with E-state index in [1.807, 2.05) is 32.0 Å². The first kappa shape index (κ1) is 19.1. The van der Waals surface area contributed by atoms with Crippen LogP contribution < -0.4 is 20.5 Å². The molecule has 1 aliphatic heterocycles. The average molecular weight is 349 g/mol. The fourth-order valence-electron chi connectivity index (χ4n) is 2.79. The Balaban J connectivity index is 2.09. The zero-order valence-corrected chi connectivity index (χ0v) is 15.1. The zero-order valence-electron chi connectivity index (χ0n) is 15.1. The minimum atomic E-state index is -0.460. The fourth-order valence-corrected chi connectivity index (χ4v) is 2.79. The van der Waals surface area contributed by atoms with Crippen LogP contribution in [0.3, 0.4) is 0 Å². The van der Waals surface area contributed by atoms with Crippen molar-refractivity contribution in [3.8, 4) is 11.5 Å². The largest absolute Gasteiger partial charge is 0.490 e. The lowest BCUT2D eigenvalue weighted by molar-refractivity contribution is -0.124. The van der Waals surface area contributed by atoms with E-state index in [-0.39, 0.29) is 31.0 Å². The van der Waals surface area contributed by atoms with Crippen LogP contribution in [0.2, 0.25) is 0 Å². The third-order valence-corrected chi connectivity index (χ3v) is 3.95. The summed E-state index contributed by atoms with van der Waals surface area (Å²) in [5.74, 6) is 1.01. The van der Waals surface area contributed by atoms with Gasteiger partial charge in [-0.05, 0) is 30.7 Å². The molecule has 3 N–H and O–H groups in total. The van der Waals surface area contributed by atoms with E-state index in [4.69, 9.17) is 15.2 Å². The molecular weight excluding hydrogens is 322 g/mol. The quantitative estimate of drug-likeness (QED) is 0.768. The molecule has 2 rings (SSSR count). The third kappa shape index (κ3) is 5.63. The van der Waals surface area contributed by atoms with E-state index >= 15 is 0 Å². The number of primary amides is 1. The molecule has 0 unspecified atom stereocenters. The van der Waals surface area contributed by atoms with Crippen LogP contribution in [-0.2, 0) is 9.59 Å². The molecule has 0 bridgehead atoms. The van der Waals surface area contributed by atoms with Crippen molar-refractivity contribution < 1.29 is 19.1 Å². The Hall–Kier alpha value is -2.28. The van der Waals surface area contributed by atoms with Crippen molar-refractivity contribution in [3.05, 3.63) is 23.8 Å². The Kier molecular flexibility index (Phi) is 6.64. The molecule has 7 nitrogen and oxygen atoms in total. The normalized spacial score (nSPS) is 14.9. The SMILES string of the molecule is CC(C)[C@H](NC(=O)CN(C)CC(N)=O)c1ccc2c(c1)OCCCO2. The van der Waals surface area contributed by atoms with Gasteiger partial charge in [-0.3, -0.25) is 14.5 Å². The fraction of sp³-hybridized carbons (Fsp3) is 0.556. The van der Waals surface area contributed by atoms with Crippen molar-refractivity contribution in [1.82, 2.24) is 10.2 Å². The standard InChI is InChI=1S/C18H27N3O4/c1-12(2)18(20-17(23)11-21(3)10-16(19)22)13-5-6-14-15(9-13)25-8-4-7-24-14/h5-6,9,12,18H,4,7-8,10-11H2,1-3H3,(H2,19,22)(H,20,23)/t18-/m0/s1. The number of hydrogen-bond donors (Lipinski definition) is 2. The molecule has 0 radical (unpaired) electrons. The predicted octanol–water partition coefficient (Wildman–Crippen LogP) is 1.08. The van der Waals surface area contributed by atoms with E-state index in [0.717, 1.165) is 17.7 Å². The molecule has 0 fully saturated rings. The summed E-state index contributed by atoms with van der Waals surface area (Å²) in [7, 11) is 1.68. The molecule has 1 atom stereocenters. The molecule has 7 heteroatoms. The van der Waals surface area contributed by atoms with E-state index in [0.29, 0.717) is 19.0 Å².